The summed E-state index contributed by atoms with van der Waals surface area (Å²) in [6.07, 6.45) is 2.46. The van der Waals surface area contributed by atoms with Crippen molar-refractivity contribution in [1.29, 1.82) is 0 Å². The maximum Gasteiger partial charge on any atom is 0.226 e. The first-order chi connectivity index (χ1) is 12.8. The fraction of sp³-hybridized carbons (Fsp3) is 0.200. The van der Waals surface area contributed by atoms with E-state index in [2.05, 4.69) is 15.3 Å². The molecule has 1 unspecified atom stereocenters. The number of ether oxygens (including phenoxy) is 1. The lowest BCUT2D eigenvalue weighted by Crippen LogP contribution is -2.37. The van der Waals surface area contributed by atoms with Crippen LogP contribution in [-0.2, 0) is 6.54 Å². The Morgan fingerprint density at radius 1 is 1.15 bits per heavy atom. The van der Waals surface area contributed by atoms with Crippen molar-refractivity contribution >= 4 is 5.96 Å². The van der Waals surface area contributed by atoms with Crippen molar-refractivity contribution in [1.82, 2.24) is 10.3 Å². The van der Waals surface area contributed by atoms with Crippen LogP contribution in [0.15, 0.2) is 70.3 Å². The number of aromatic nitrogens is 1. The first-order valence-corrected chi connectivity index (χ1v) is 8.57. The van der Waals surface area contributed by atoms with Crippen LogP contribution >= 0.6 is 0 Å². The van der Waals surface area contributed by atoms with Crippen LogP contribution in [0.4, 0.5) is 0 Å². The van der Waals surface area contributed by atoms with Gasteiger partial charge < -0.3 is 20.2 Å². The molecule has 1 aliphatic rings. The Morgan fingerprint density at radius 2 is 1.96 bits per heavy atom. The second kappa shape index (κ2) is 7.31. The molecule has 0 bridgehead atoms. The van der Waals surface area contributed by atoms with Crippen molar-refractivity contribution in [3.63, 3.8) is 0 Å². The van der Waals surface area contributed by atoms with Gasteiger partial charge in [0.1, 0.15) is 17.7 Å². The van der Waals surface area contributed by atoms with E-state index in [4.69, 9.17) is 14.9 Å². The summed E-state index contributed by atoms with van der Waals surface area (Å²) in [5, 5.41) is 3.27. The van der Waals surface area contributed by atoms with Crippen LogP contribution in [-0.4, -0.2) is 17.6 Å². The van der Waals surface area contributed by atoms with Crippen LogP contribution < -0.4 is 15.8 Å². The Kier molecular flexibility index (Phi) is 4.55. The Bertz CT molecular complexity index is 905. The fourth-order valence-electron chi connectivity index (χ4n) is 2.98. The van der Waals surface area contributed by atoms with E-state index in [1.165, 1.54) is 0 Å². The van der Waals surface area contributed by atoms with Crippen LogP contribution in [0.25, 0.3) is 11.5 Å². The number of nitrogens with zero attached hydrogens (tertiary/aromatic N) is 2. The number of hydrogen-bond donors (Lipinski definition) is 2. The van der Waals surface area contributed by atoms with E-state index in [0.29, 0.717) is 25.0 Å². The molecular weight excluding hydrogens is 328 g/mol. The van der Waals surface area contributed by atoms with Gasteiger partial charge >= 0.3 is 0 Å². The molecule has 1 aliphatic heterocycles. The largest absolute Gasteiger partial charge is 0.493 e. The summed E-state index contributed by atoms with van der Waals surface area (Å²) < 4.78 is 11.2. The molecular formula is C20H20N4O2. The fourth-order valence-corrected chi connectivity index (χ4v) is 2.98. The molecule has 0 spiro atoms. The maximum absolute atomic E-state index is 6.07. The van der Waals surface area contributed by atoms with Gasteiger partial charge in [-0.25, -0.2) is 9.98 Å². The predicted molar refractivity (Wildman–Crippen MR) is 99.7 cm³/mol. The quantitative estimate of drug-likeness (QED) is 0.558. The Labute approximate surface area is 151 Å². The van der Waals surface area contributed by atoms with Crippen LogP contribution in [0.1, 0.15) is 23.7 Å². The zero-order valence-electron chi connectivity index (χ0n) is 14.3. The van der Waals surface area contributed by atoms with Crippen LogP contribution in [0.2, 0.25) is 0 Å². The number of para-hydroxylation sites is 1. The van der Waals surface area contributed by atoms with Gasteiger partial charge in [-0.15, -0.1) is 0 Å². The number of benzene rings is 2. The van der Waals surface area contributed by atoms with Crippen molar-refractivity contribution in [3.8, 4) is 17.2 Å². The molecule has 0 fully saturated rings. The standard InChI is InChI=1S/C20H20N4O2/c21-20(24-17-10-11-25-18-9-5-4-8-16(17)18)22-12-15-13-26-19(23-15)14-6-2-1-3-7-14/h1-9,13,17H,10-12H2,(H3,21,22,24). The van der Waals surface area contributed by atoms with Gasteiger partial charge in [-0.2, -0.15) is 0 Å². The number of hydrogen-bond acceptors (Lipinski definition) is 4. The number of aliphatic imine (C=N–C) groups is 1. The molecule has 0 aliphatic carbocycles. The molecule has 3 aromatic rings. The minimum absolute atomic E-state index is 0.0980. The third kappa shape index (κ3) is 3.54. The average molecular weight is 348 g/mol. The molecule has 0 amide bonds. The van der Waals surface area contributed by atoms with Crippen LogP contribution in [0.5, 0.6) is 5.75 Å². The van der Waals surface area contributed by atoms with Crippen molar-refractivity contribution < 1.29 is 9.15 Å². The lowest BCUT2D eigenvalue weighted by molar-refractivity contribution is 0.262. The first kappa shape index (κ1) is 16.2. The highest BCUT2D eigenvalue weighted by Gasteiger charge is 2.21. The summed E-state index contributed by atoms with van der Waals surface area (Å²) in [5.41, 5.74) is 8.84. The highest BCUT2D eigenvalue weighted by atomic mass is 16.5. The topological polar surface area (TPSA) is 85.7 Å². The summed E-state index contributed by atoms with van der Waals surface area (Å²) in [6.45, 7) is 1.02. The van der Waals surface area contributed by atoms with Gasteiger partial charge in [0.05, 0.1) is 19.2 Å². The molecule has 0 saturated heterocycles. The van der Waals surface area contributed by atoms with E-state index in [-0.39, 0.29) is 6.04 Å². The predicted octanol–water partition coefficient (Wildman–Crippen LogP) is 3.27. The minimum Gasteiger partial charge on any atom is -0.493 e. The van der Waals surface area contributed by atoms with Gasteiger partial charge in [-0.05, 0) is 18.2 Å². The second-order valence-corrected chi connectivity index (χ2v) is 6.08. The number of guanidine groups is 1. The molecule has 0 radical (unpaired) electrons. The number of oxazole rings is 1. The summed E-state index contributed by atoms with van der Waals surface area (Å²) in [6, 6.07) is 17.8. The summed E-state index contributed by atoms with van der Waals surface area (Å²) in [7, 11) is 0. The van der Waals surface area contributed by atoms with Gasteiger partial charge in [0.2, 0.25) is 5.89 Å². The Balaban J connectivity index is 1.41. The smallest absolute Gasteiger partial charge is 0.226 e. The summed E-state index contributed by atoms with van der Waals surface area (Å²) in [4.78, 5) is 8.85. The zero-order valence-corrected chi connectivity index (χ0v) is 14.3. The third-order valence-corrected chi connectivity index (χ3v) is 4.26. The number of nitrogens with one attached hydrogen (secondary N) is 1. The van der Waals surface area contributed by atoms with Gasteiger partial charge in [0.15, 0.2) is 5.96 Å². The molecule has 3 N–H and O–H groups in total. The third-order valence-electron chi connectivity index (χ3n) is 4.26. The molecule has 132 valence electrons. The monoisotopic (exact) mass is 348 g/mol. The number of rotatable bonds is 4. The zero-order chi connectivity index (χ0) is 17.8. The SMILES string of the molecule is NC(=NCc1coc(-c2ccccc2)n1)NC1CCOc2ccccc21. The van der Waals surface area contributed by atoms with Gasteiger partial charge in [0, 0.05) is 17.5 Å². The molecule has 2 heterocycles. The van der Waals surface area contributed by atoms with E-state index >= 15 is 0 Å². The normalized spacial score (nSPS) is 16.6. The average Bonchev–Trinajstić information content (AvgIpc) is 3.17. The Morgan fingerprint density at radius 3 is 2.85 bits per heavy atom. The lowest BCUT2D eigenvalue weighted by atomic mass is 10.0. The van der Waals surface area contributed by atoms with E-state index in [1.54, 1.807) is 6.26 Å². The molecule has 26 heavy (non-hydrogen) atoms. The number of fused-ring (bicyclic) bond motifs is 1. The van der Waals surface area contributed by atoms with Crippen molar-refractivity contribution in [2.45, 2.75) is 19.0 Å². The van der Waals surface area contributed by atoms with Crippen LogP contribution in [0, 0.1) is 0 Å². The molecule has 1 aromatic heterocycles. The molecule has 6 nitrogen and oxygen atoms in total. The van der Waals surface area contributed by atoms with E-state index in [1.807, 2.05) is 54.6 Å². The molecule has 0 saturated carbocycles. The van der Waals surface area contributed by atoms with Gasteiger partial charge in [-0.1, -0.05) is 36.4 Å². The molecule has 1 atom stereocenters. The summed E-state index contributed by atoms with van der Waals surface area (Å²) in [5.74, 6) is 1.87. The van der Waals surface area contributed by atoms with Crippen molar-refractivity contribution in [2.24, 2.45) is 10.7 Å². The van der Waals surface area contributed by atoms with Crippen molar-refractivity contribution in [3.05, 3.63) is 72.1 Å². The second-order valence-electron chi connectivity index (χ2n) is 6.08. The van der Waals surface area contributed by atoms with E-state index in [0.717, 1.165) is 29.0 Å². The van der Waals surface area contributed by atoms with Crippen LogP contribution in [0.3, 0.4) is 0 Å². The molecule has 2 aromatic carbocycles. The number of nitrogens with two attached hydrogens (primary N) is 1. The first-order valence-electron chi connectivity index (χ1n) is 8.57. The maximum atomic E-state index is 6.07. The van der Waals surface area contributed by atoms with E-state index < -0.39 is 0 Å². The molecule has 4 rings (SSSR count). The minimum atomic E-state index is 0.0980. The molecule has 6 heteroatoms. The summed E-state index contributed by atoms with van der Waals surface area (Å²) >= 11 is 0. The highest BCUT2D eigenvalue weighted by Crippen LogP contribution is 2.31. The highest BCUT2D eigenvalue weighted by molar-refractivity contribution is 5.78. The van der Waals surface area contributed by atoms with Gasteiger partial charge in [-0.3, -0.25) is 0 Å². The van der Waals surface area contributed by atoms with Crippen molar-refractivity contribution in [2.75, 3.05) is 6.61 Å². The van der Waals surface area contributed by atoms with E-state index in [9.17, 15) is 0 Å². The van der Waals surface area contributed by atoms with Gasteiger partial charge in [0.25, 0.3) is 0 Å². The lowest BCUT2D eigenvalue weighted by Gasteiger charge is -2.26. The Hall–Kier alpha value is -3.28.